The van der Waals surface area contributed by atoms with Crippen molar-refractivity contribution in [3.8, 4) is 0 Å². The highest BCUT2D eigenvalue weighted by Gasteiger charge is 2.45. The van der Waals surface area contributed by atoms with Crippen LogP contribution in [0.4, 0.5) is 0 Å². The SMILES string of the molecule is COC(=O)[C@H]1NCC2CCC21. The summed E-state index contributed by atoms with van der Waals surface area (Å²) in [4.78, 5) is 11.1. The van der Waals surface area contributed by atoms with E-state index < -0.39 is 0 Å². The van der Waals surface area contributed by atoms with Crippen molar-refractivity contribution >= 4 is 5.97 Å². The van der Waals surface area contributed by atoms with Gasteiger partial charge in [0, 0.05) is 0 Å². The van der Waals surface area contributed by atoms with Gasteiger partial charge in [0.2, 0.25) is 0 Å². The Labute approximate surface area is 66.1 Å². The lowest BCUT2D eigenvalue weighted by atomic mass is 9.73. The molecule has 2 fully saturated rings. The van der Waals surface area contributed by atoms with Crippen LogP contribution in [0.2, 0.25) is 0 Å². The van der Waals surface area contributed by atoms with Crippen LogP contribution in [0, 0.1) is 11.8 Å². The molecule has 1 heterocycles. The Morgan fingerprint density at radius 2 is 2.36 bits per heavy atom. The highest BCUT2D eigenvalue weighted by atomic mass is 16.5. The summed E-state index contributed by atoms with van der Waals surface area (Å²) in [5.41, 5.74) is 0. The number of esters is 1. The molecule has 1 N–H and O–H groups in total. The second-order valence-corrected chi connectivity index (χ2v) is 3.41. The molecule has 0 bridgehead atoms. The number of nitrogens with one attached hydrogen (secondary N) is 1. The predicted molar refractivity (Wildman–Crippen MR) is 40.0 cm³/mol. The smallest absolute Gasteiger partial charge is 0.323 e. The van der Waals surface area contributed by atoms with Crippen LogP contribution in [0.3, 0.4) is 0 Å². The van der Waals surface area contributed by atoms with Gasteiger partial charge >= 0.3 is 5.97 Å². The van der Waals surface area contributed by atoms with E-state index in [1.807, 2.05) is 0 Å². The third kappa shape index (κ3) is 0.948. The molecule has 0 amide bonds. The molecule has 3 nitrogen and oxygen atoms in total. The van der Waals surface area contributed by atoms with Gasteiger partial charge < -0.3 is 10.1 Å². The molecule has 1 saturated heterocycles. The lowest BCUT2D eigenvalue weighted by molar-refractivity contribution is -0.144. The average molecular weight is 155 g/mol. The predicted octanol–water partition coefficient (Wildman–Crippen LogP) is 0.157. The first-order chi connectivity index (χ1) is 5.33. The molecular weight excluding hydrogens is 142 g/mol. The van der Waals surface area contributed by atoms with Crippen LogP contribution >= 0.6 is 0 Å². The topological polar surface area (TPSA) is 38.3 Å². The van der Waals surface area contributed by atoms with E-state index in [0.717, 1.165) is 12.5 Å². The number of hydrogen-bond acceptors (Lipinski definition) is 3. The molecule has 3 atom stereocenters. The van der Waals surface area contributed by atoms with Crippen LogP contribution in [0.5, 0.6) is 0 Å². The quantitative estimate of drug-likeness (QED) is 0.548. The standard InChI is InChI=1S/C8H13NO2/c1-11-8(10)7-6-3-2-5(6)4-9-7/h5-7,9H,2-4H2,1H3/t5?,6?,7-/m0/s1. The second kappa shape index (κ2) is 2.48. The highest BCUT2D eigenvalue weighted by molar-refractivity contribution is 5.76. The Balaban J connectivity index is 2.00. The molecule has 0 radical (unpaired) electrons. The summed E-state index contributed by atoms with van der Waals surface area (Å²) in [6.07, 6.45) is 2.47. The van der Waals surface area contributed by atoms with Crippen molar-refractivity contribution in [2.24, 2.45) is 11.8 Å². The zero-order valence-corrected chi connectivity index (χ0v) is 6.67. The first kappa shape index (κ1) is 7.10. The fraction of sp³-hybridized carbons (Fsp3) is 0.875. The number of fused-ring (bicyclic) bond motifs is 1. The maximum Gasteiger partial charge on any atom is 0.323 e. The Morgan fingerprint density at radius 1 is 1.55 bits per heavy atom. The summed E-state index contributed by atoms with van der Waals surface area (Å²) in [5.74, 6) is 1.23. The van der Waals surface area contributed by atoms with Gasteiger partial charge in [-0.2, -0.15) is 0 Å². The molecule has 1 saturated carbocycles. The first-order valence-electron chi connectivity index (χ1n) is 4.14. The van der Waals surface area contributed by atoms with E-state index in [-0.39, 0.29) is 12.0 Å². The first-order valence-corrected chi connectivity index (χ1v) is 4.14. The lowest BCUT2D eigenvalue weighted by Gasteiger charge is -2.31. The Hall–Kier alpha value is -0.570. The van der Waals surface area contributed by atoms with Gasteiger partial charge in [0.1, 0.15) is 6.04 Å². The molecule has 62 valence electrons. The maximum absolute atomic E-state index is 11.1. The molecule has 0 aromatic carbocycles. The normalized spacial score (nSPS) is 41.0. The summed E-state index contributed by atoms with van der Waals surface area (Å²) < 4.78 is 4.69. The van der Waals surface area contributed by atoms with Crippen molar-refractivity contribution in [2.75, 3.05) is 13.7 Å². The monoisotopic (exact) mass is 155 g/mol. The largest absolute Gasteiger partial charge is 0.468 e. The number of carbonyl (C=O) groups excluding carboxylic acids is 1. The van der Waals surface area contributed by atoms with Gasteiger partial charge in [-0.25, -0.2) is 0 Å². The number of hydrogen-bond donors (Lipinski definition) is 1. The third-order valence-corrected chi connectivity index (χ3v) is 2.96. The number of rotatable bonds is 1. The van der Waals surface area contributed by atoms with Crippen LogP contribution in [-0.4, -0.2) is 25.7 Å². The van der Waals surface area contributed by atoms with Crippen molar-refractivity contribution < 1.29 is 9.53 Å². The lowest BCUT2D eigenvalue weighted by Crippen LogP contribution is -2.39. The van der Waals surface area contributed by atoms with Crippen LogP contribution in [-0.2, 0) is 9.53 Å². The van der Waals surface area contributed by atoms with Crippen LogP contribution in [0.25, 0.3) is 0 Å². The molecule has 2 aliphatic rings. The fourth-order valence-electron chi connectivity index (χ4n) is 2.10. The van der Waals surface area contributed by atoms with E-state index in [0.29, 0.717) is 5.92 Å². The van der Waals surface area contributed by atoms with Gasteiger partial charge in [0.15, 0.2) is 0 Å². The minimum Gasteiger partial charge on any atom is -0.468 e. The van der Waals surface area contributed by atoms with Crippen molar-refractivity contribution in [1.29, 1.82) is 0 Å². The number of methoxy groups -OCH3 is 1. The molecule has 2 unspecified atom stereocenters. The van der Waals surface area contributed by atoms with Crippen molar-refractivity contribution in [2.45, 2.75) is 18.9 Å². The highest BCUT2D eigenvalue weighted by Crippen LogP contribution is 2.40. The average Bonchev–Trinajstić information content (AvgIpc) is 2.25. The zero-order chi connectivity index (χ0) is 7.84. The second-order valence-electron chi connectivity index (χ2n) is 3.41. The molecule has 0 aromatic rings. The molecule has 0 spiro atoms. The number of carbonyl (C=O) groups is 1. The van der Waals surface area contributed by atoms with Crippen LogP contribution in [0.1, 0.15) is 12.8 Å². The van der Waals surface area contributed by atoms with Gasteiger partial charge in [-0.3, -0.25) is 4.79 Å². The van der Waals surface area contributed by atoms with E-state index in [9.17, 15) is 4.79 Å². The molecule has 1 aliphatic heterocycles. The summed E-state index contributed by atoms with van der Waals surface area (Å²) in [6, 6.07) is -0.00116. The van der Waals surface area contributed by atoms with E-state index in [2.05, 4.69) is 10.1 Å². The van der Waals surface area contributed by atoms with E-state index in [4.69, 9.17) is 0 Å². The number of ether oxygens (including phenoxy) is 1. The van der Waals surface area contributed by atoms with Crippen molar-refractivity contribution in [3.05, 3.63) is 0 Å². The van der Waals surface area contributed by atoms with Gasteiger partial charge in [-0.05, 0) is 31.2 Å². The van der Waals surface area contributed by atoms with Crippen molar-refractivity contribution in [1.82, 2.24) is 5.32 Å². The Bertz CT molecular complexity index is 181. The maximum atomic E-state index is 11.1. The van der Waals surface area contributed by atoms with Gasteiger partial charge in [-0.1, -0.05) is 0 Å². The molecule has 2 rings (SSSR count). The summed E-state index contributed by atoms with van der Waals surface area (Å²) in [6.45, 7) is 1.00. The minimum atomic E-state index is -0.0859. The van der Waals surface area contributed by atoms with E-state index in [1.165, 1.54) is 20.0 Å². The molecule has 0 aromatic heterocycles. The van der Waals surface area contributed by atoms with Crippen LogP contribution in [0.15, 0.2) is 0 Å². The van der Waals surface area contributed by atoms with Gasteiger partial charge in [0.05, 0.1) is 7.11 Å². The minimum absolute atomic E-state index is 0.00116. The zero-order valence-electron chi connectivity index (χ0n) is 6.67. The summed E-state index contributed by atoms with van der Waals surface area (Å²) >= 11 is 0. The summed E-state index contributed by atoms with van der Waals surface area (Å²) in [7, 11) is 1.45. The van der Waals surface area contributed by atoms with E-state index in [1.54, 1.807) is 0 Å². The van der Waals surface area contributed by atoms with Crippen LogP contribution < -0.4 is 5.32 Å². The third-order valence-electron chi connectivity index (χ3n) is 2.96. The molecule has 1 aliphatic carbocycles. The molecule has 3 heteroatoms. The summed E-state index contributed by atoms with van der Waals surface area (Å²) in [5, 5.41) is 3.19. The van der Waals surface area contributed by atoms with Gasteiger partial charge in [0.25, 0.3) is 0 Å². The van der Waals surface area contributed by atoms with Crippen molar-refractivity contribution in [3.63, 3.8) is 0 Å². The molecular formula is C8H13NO2. The van der Waals surface area contributed by atoms with Gasteiger partial charge in [-0.15, -0.1) is 0 Å². The molecule has 11 heavy (non-hydrogen) atoms. The Kier molecular flexibility index (Phi) is 1.60. The van der Waals surface area contributed by atoms with E-state index >= 15 is 0 Å². The fourth-order valence-corrected chi connectivity index (χ4v) is 2.10. The Morgan fingerprint density at radius 3 is 2.82 bits per heavy atom.